The maximum atomic E-state index is 14.2. The number of rotatable bonds is 10. The monoisotopic (exact) mass is 743 g/mol. The lowest BCUT2D eigenvalue weighted by Crippen LogP contribution is -2.48. The predicted octanol–water partition coefficient (Wildman–Crippen LogP) is 6.76. The van der Waals surface area contributed by atoms with Crippen LogP contribution in [0.4, 0.5) is 5.82 Å². The first-order valence-corrected chi connectivity index (χ1v) is 18.6. The van der Waals surface area contributed by atoms with Crippen molar-refractivity contribution >= 4 is 29.0 Å². The molecule has 12 nitrogen and oxygen atoms in total. The smallest absolute Gasteiger partial charge is 0.243 e. The number of nitrogen functional groups attached to an aromatic ring is 1. The number of carbonyl (C=O) groups is 2. The number of anilines is 1. The number of aromatic nitrogens is 4. The second kappa shape index (κ2) is 15.2. The number of aliphatic hydroxyl groups excluding tert-OH is 1. The summed E-state index contributed by atoms with van der Waals surface area (Å²) in [5, 5.41) is 36.6. The molecular weight excluding hydrogens is 703 g/mol. The number of likely N-dealkylation sites (tertiary alicyclic amines) is 1. The topological polar surface area (TPSA) is 181 Å². The molecule has 6 aromatic rings. The molecule has 0 saturated carbocycles. The summed E-state index contributed by atoms with van der Waals surface area (Å²) in [6.07, 6.45) is -0.698. The highest BCUT2D eigenvalue weighted by atomic mass is 32.1. The first-order valence-electron chi connectivity index (χ1n) is 17.8. The summed E-state index contributed by atoms with van der Waals surface area (Å²) in [5.41, 5.74) is 14.7. The Morgan fingerprint density at radius 1 is 0.926 bits per heavy atom. The van der Waals surface area contributed by atoms with Crippen LogP contribution in [0.1, 0.15) is 56.2 Å². The van der Waals surface area contributed by atoms with Crippen molar-refractivity contribution in [1.29, 1.82) is 0 Å². The van der Waals surface area contributed by atoms with E-state index >= 15 is 0 Å². The average Bonchev–Trinajstić information content (AvgIpc) is 3.92. The quantitative estimate of drug-likeness (QED) is 0.117. The standard InChI is InChI=1S/C41H41N7O5S/c1-22(2)37(41(52)48-20-29(49)17-34(48)40(51)44-23(3)25-9-15-28(16-10-25)38-24(4)43-21-54-38)36-19-32(47-53-36)27-13-11-26(12-14-27)31-18-33(45-46-39(31)42)30-7-5-6-8-35(30)50/h5-16,18-19,21-23,29,34,37,49-50H,17,20H2,1-4H3,(H2,42,46)(H,44,51)/t23-,29+,34-,37?/m0/s1. The van der Waals surface area contributed by atoms with Gasteiger partial charge in [0.2, 0.25) is 11.8 Å². The molecule has 1 unspecified atom stereocenters. The molecule has 2 amide bonds. The van der Waals surface area contributed by atoms with Crippen molar-refractivity contribution in [3.8, 4) is 49.8 Å². The summed E-state index contributed by atoms with van der Waals surface area (Å²) in [4.78, 5) is 34.8. The van der Waals surface area contributed by atoms with Gasteiger partial charge in [0.15, 0.2) is 5.82 Å². The van der Waals surface area contributed by atoms with Crippen LogP contribution in [0.15, 0.2) is 95.0 Å². The summed E-state index contributed by atoms with van der Waals surface area (Å²) in [6, 6.07) is 24.8. The van der Waals surface area contributed by atoms with Gasteiger partial charge in [-0.3, -0.25) is 9.59 Å². The number of hydrogen-bond donors (Lipinski definition) is 4. The third-order valence-corrected chi connectivity index (χ3v) is 10.9. The van der Waals surface area contributed by atoms with E-state index in [9.17, 15) is 19.8 Å². The first-order chi connectivity index (χ1) is 26.0. The van der Waals surface area contributed by atoms with Crippen LogP contribution in [0.5, 0.6) is 5.75 Å². The van der Waals surface area contributed by atoms with Crippen LogP contribution in [0.25, 0.3) is 44.1 Å². The third kappa shape index (κ3) is 7.32. The fraction of sp³-hybridized carbons (Fsp3) is 0.268. The molecule has 1 aliphatic heterocycles. The minimum Gasteiger partial charge on any atom is -0.507 e. The first kappa shape index (κ1) is 36.4. The van der Waals surface area contributed by atoms with E-state index in [0.717, 1.165) is 32.8 Å². The van der Waals surface area contributed by atoms with E-state index in [4.69, 9.17) is 10.3 Å². The molecule has 0 bridgehead atoms. The number of nitrogens with two attached hydrogens (primary N) is 1. The molecule has 54 heavy (non-hydrogen) atoms. The number of amides is 2. The average molecular weight is 744 g/mol. The molecule has 0 radical (unpaired) electrons. The number of para-hydroxylation sites is 1. The molecule has 4 heterocycles. The molecule has 4 atom stereocenters. The molecular formula is C41H41N7O5S. The van der Waals surface area contributed by atoms with Crippen molar-refractivity contribution in [3.63, 3.8) is 0 Å². The zero-order chi connectivity index (χ0) is 38.1. The lowest BCUT2D eigenvalue weighted by atomic mass is 9.91. The summed E-state index contributed by atoms with van der Waals surface area (Å²) in [7, 11) is 0. The molecule has 0 aliphatic carbocycles. The van der Waals surface area contributed by atoms with Gasteiger partial charge in [-0.1, -0.05) is 79.7 Å². The fourth-order valence-electron chi connectivity index (χ4n) is 6.96. The number of benzene rings is 3. The molecule has 3 aromatic heterocycles. The lowest BCUT2D eigenvalue weighted by Gasteiger charge is -2.29. The lowest BCUT2D eigenvalue weighted by molar-refractivity contribution is -0.141. The Labute approximate surface area is 316 Å². The number of phenols is 1. The maximum Gasteiger partial charge on any atom is 0.243 e. The summed E-state index contributed by atoms with van der Waals surface area (Å²) >= 11 is 1.58. The predicted molar refractivity (Wildman–Crippen MR) is 207 cm³/mol. The van der Waals surface area contributed by atoms with E-state index in [1.807, 2.05) is 87.8 Å². The van der Waals surface area contributed by atoms with Crippen LogP contribution in [-0.2, 0) is 9.59 Å². The van der Waals surface area contributed by atoms with Crippen LogP contribution >= 0.6 is 11.3 Å². The van der Waals surface area contributed by atoms with Gasteiger partial charge < -0.3 is 30.7 Å². The Morgan fingerprint density at radius 3 is 2.31 bits per heavy atom. The number of aliphatic hydroxyl groups is 1. The van der Waals surface area contributed by atoms with Crippen LogP contribution in [0.3, 0.4) is 0 Å². The van der Waals surface area contributed by atoms with E-state index in [0.29, 0.717) is 28.3 Å². The molecule has 7 rings (SSSR count). The van der Waals surface area contributed by atoms with Gasteiger partial charge in [-0.2, -0.15) is 0 Å². The number of hydrogen-bond acceptors (Lipinski definition) is 11. The van der Waals surface area contributed by atoms with Crippen LogP contribution in [0, 0.1) is 12.8 Å². The van der Waals surface area contributed by atoms with Gasteiger partial charge in [-0.05, 0) is 54.7 Å². The van der Waals surface area contributed by atoms with Gasteiger partial charge in [0.25, 0.3) is 0 Å². The highest BCUT2D eigenvalue weighted by molar-refractivity contribution is 7.13. The van der Waals surface area contributed by atoms with Gasteiger partial charge >= 0.3 is 0 Å². The Bertz CT molecular complexity index is 2290. The number of aryl methyl sites for hydroxylation is 1. The minimum absolute atomic E-state index is 0.0402. The van der Waals surface area contributed by atoms with Gasteiger partial charge in [0, 0.05) is 35.7 Å². The number of nitrogens with zero attached hydrogens (tertiary/aromatic N) is 5. The maximum absolute atomic E-state index is 14.2. The fourth-order valence-corrected chi connectivity index (χ4v) is 7.77. The Kier molecular flexibility index (Phi) is 10.3. The number of phenolic OH excluding ortho intramolecular Hbond substituents is 1. The van der Waals surface area contributed by atoms with Gasteiger partial charge in [-0.25, -0.2) is 4.98 Å². The minimum atomic E-state index is -0.841. The molecule has 1 aliphatic rings. The zero-order valence-corrected chi connectivity index (χ0v) is 31.1. The molecule has 5 N–H and O–H groups in total. The van der Waals surface area contributed by atoms with Crippen LogP contribution < -0.4 is 11.1 Å². The normalized spacial score (nSPS) is 16.7. The zero-order valence-electron chi connectivity index (χ0n) is 30.3. The molecule has 3 aromatic carbocycles. The van der Waals surface area contributed by atoms with Crippen molar-refractivity contribution in [1.82, 2.24) is 30.6 Å². The van der Waals surface area contributed by atoms with Crippen LogP contribution in [-0.4, -0.2) is 66.0 Å². The molecule has 1 saturated heterocycles. The van der Waals surface area contributed by atoms with E-state index in [1.165, 1.54) is 4.90 Å². The third-order valence-electron chi connectivity index (χ3n) is 9.90. The second-order valence-corrected chi connectivity index (χ2v) is 14.8. The van der Waals surface area contributed by atoms with Crippen molar-refractivity contribution < 1.29 is 24.3 Å². The second-order valence-electron chi connectivity index (χ2n) is 14.0. The molecule has 0 spiro atoms. The van der Waals surface area contributed by atoms with Crippen molar-refractivity contribution in [2.75, 3.05) is 12.3 Å². The SMILES string of the molecule is Cc1ncsc1-c1ccc([C@H](C)NC(=O)[C@@H]2C[C@@H](O)CN2C(=O)C(c2cc(-c3ccc(-c4cc(-c5ccccc5O)nnc4N)cc3)no2)C(C)C)cc1. The number of carbonyl (C=O) groups excluding carboxylic acids is 2. The van der Waals surface area contributed by atoms with Crippen LogP contribution in [0.2, 0.25) is 0 Å². The van der Waals surface area contributed by atoms with E-state index in [1.54, 1.807) is 41.7 Å². The molecule has 276 valence electrons. The number of nitrogens with one attached hydrogen (secondary N) is 1. The molecule has 13 heteroatoms. The van der Waals surface area contributed by atoms with E-state index < -0.39 is 18.1 Å². The largest absolute Gasteiger partial charge is 0.507 e. The number of thiazole rings is 1. The van der Waals surface area contributed by atoms with Crippen molar-refractivity contribution in [2.45, 2.75) is 58.2 Å². The molecule has 1 fully saturated rings. The van der Waals surface area contributed by atoms with Crippen molar-refractivity contribution in [3.05, 3.63) is 107 Å². The Balaban J connectivity index is 1.06. The Hall–Kier alpha value is -5.92. The highest BCUT2D eigenvalue weighted by Gasteiger charge is 2.43. The number of aromatic hydroxyl groups is 1. The summed E-state index contributed by atoms with van der Waals surface area (Å²) < 4.78 is 5.80. The van der Waals surface area contributed by atoms with E-state index in [2.05, 4.69) is 25.7 Å². The van der Waals surface area contributed by atoms with Crippen molar-refractivity contribution in [2.24, 2.45) is 5.92 Å². The summed E-state index contributed by atoms with van der Waals surface area (Å²) in [5.74, 6) is -0.856. The van der Waals surface area contributed by atoms with E-state index in [-0.39, 0.29) is 48.3 Å². The van der Waals surface area contributed by atoms with Gasteiger partial charge in [0.05, 0.1) is 33.9 Å². The Morgan fingerprint density at radius 2 is 1.63 bits per heavy atom. The van der Waals surface area contributed by atoms with Gasteiger partial charge in [0.1, 0.15) is 29.2 Å². The summed E-state index contributed by atoms with van der Waals surface area (Å²) in [6.45, 7) is 7.75. The number of β-amino-alcohol motifs (C(OH)–C–C–N with tert-alkyl or cyclic N) is 1. The van der Waals surface area contributed by atoms with Gasteiger partial charge in [-0.15, -0.1) is 21.5 Å². The highest BCUT2D eigenvalue weighted by Crippen LogP contribution is 2.36.